The maximum absolute atomic E-state index is 11.5. The molecule has 90 valence electrons. The van der Waals surface area contributed by atoms with E-state index in [1.807, 2.05) is 24.3 Å². The Morgan fingerprint density at radius 3 is 2.59 bits per heavy atom. The molecule has 0 saturated carbocycles. The van der Waals surface area contributed by atoms with Gasteiger partial charge in [0, 0.05) is 12.1 Å². The van der Waals surface area contributed by atoms with Gasteiger partial charge in [-0.3, -0.25) is 14.9 Å². The number of benzene rings is 1. The summed E-state index contributed by atoms with van der Waals surface area (Å²) in [6.45, 7) is 2.13. The van der Waals surface area contributed by atoms with Crippen molar-refractivity contribution in [3.63, 3.8) is 0 Å². The van der Waals surface area contributed by atoms with E-state index in [2.05, 4.69) is 17.3 Å². The minimum absolute atomic E-state index is 0.185. The number of amides is 2. The van der Waals surface area contributed by atoms with E-state index in [-0.39, 0.29) is 17.9 Å². The molecule has 0 spiro atoms. The standard InChI is InChI=1S/C12H15N2O2P/c1-17-9-4-2-8(3-5-9)13-10-6-7-11(15)14-12(10)16/h2-5,10,13,17H,6-7H2,1H3,(H,14,15,16). The largest absolute Gasteiger partial charge is 0.374 e. The molecule has 1 fully saturated rings. The monoisotopic (exact) mass is 250 g/mol. The van der Waals surface area contributed by atoms with E-state index < -0.39 is 0 Å². The number of piperidine rings is 1. The molecule has 17 heavy (non-hydrogen) atoms. The van der Waals surface area contributed by atoms with E-state index in [9.17, 15) is 9.59 Å². The van der Waals surface area contributed by atoms with Gasteiger partial charge in [-0.1, -0.05) is 20.7 Å². The van der Waals surface area contributed by atoms with Crippen LogP contribution in [0.2, 0.25) is 0 Å². The maximum atomic E-state index is 11.5. The van der Waals surface area contributed by atoms with Crippen molar-refractivity contribution in [1.29, 1.82) is 0 Å². The molecule has 1 aliphatic rings. The Labute approximate surface area is 102 Å². The summed E-state index contributed by atoms with van der Waals surface area (Å²) in [5, 5.41) is 6.77. The van der Waals surface area contributed by atoms with Crippen LogP contribution in [-0.2, 0) is 9.59 Å². The lowest BCUT2D eigenvalue weighted by atomic mass is 10.1. The van der Waals surface area contributed by atoms with E-state index in [0.29, 0.717) is 12.8 Å². The van der Waals surface area contributed by atoms with Crippen molar-refractivity contribution in [2.24, 2.45) is 0 Å². The van der Waals surface area contributed by atoms with Gasteiger partial charge in [-0.25, -0.2) is 0 Å². The number of hydrogen-bond acceptors (Lipinski definition) is 3. The summed E-state index contributed by atoms with van der Waals surface area (Å²) in [5.74, 6) is -0.418. The highest BCUT2D eigenvalue weighted by Gasteiger charge is 2.26. The number of imide groups is 1. The zero-order valence-electron chi connectivity index (χ0n) is 9.62. The van der Waals surface area contributed by atoms with Crippen LogP contribution in [0.25, 0.3) is 0 Å². The number of rotatable bonds is 3. The van der Waals surface area contributed by atoms with Crippen LogP contribution in [0.1, 0.15) is 12.8 Å². The highest BCUT2D eigenvalue weighted by Crippen LogP contribution is 2.14. The predicted molar refractivity (Wildman–Crippen MR) is 70.1 cm³/mol. The van der Waals surface area contributed by atoms with Gasteiger partial charge in [-0.2, -0.15) is 0 Å². The zero-order valence-corrected chi connectivity index (χ0v) is 10.6. The highest BCUT2D eigenvalue weighted by molar-refractivity contribution is 7.46. The maximum Gasteiger partial charge on any atom is 0.249 e. The summed E-state index contributed by atoms with van der Waals surface area (Å²) in [4.78, 5) is 22.5. The van der Waals surface area contributed by atoms with E-state index in [0.717, 1.165) is 14.3 Å². The predicted octanol–water partition coefficient (Wildman–Crippen LogP) is 0.837. The van der Waals surface area contributed by atoms with Gasteiger partial charge in [0.2, 0.25) is 11.8 Å². The summed E-state index contributed by atoms with van der Waals surface area (Å²) in [6, 6.07) is 7.73. The van der Waals surface area contributed by atoms with Gasteiger partial charge >= 0.3 is 0 Å². The van der Waals surface area contributed by atoms with Crippen molar-refractivity contribution in [2.75, 3.05) is 12.0 Å². The molecule has 0 bridgehead atoms. The quantitative estimate of drug-likeness (QED) is 0.617. The molecule has 1 saturated heterocycles. The van der Waals surface area contributed by atoms with Crippen molar-refractivity contribution < 1.29 is 9.59 Å². The van der Waals surface area contributed by atoms with Gasteiger partial charge in [0.05, 0.1) is 0 Å². The lowest BCUT2D eigenvalue weighted by Crippen LogP contribution is -2.47. The molecule has 0 aromatic heterocycles. The second-order valence-corrected chi connectivity index (χ2v) is 5.05. The van der Waals surface area contributed by atoms with Crippen molar-refractivity contribution in [3.8, 4) is 0 Å². The lowest BCUT2D eigenvalue weighted by Gasteiger charge is -2.22. The Morgan fingerprint density at radius 2 is 2.00 bits per heavy atom. The first-order chi connectivity index (χ1) is 8.19. The molecule has 2 amide bonds. The minimum atomic E-state index is -0.303. The summed E-state index contributed by atoms with van der Waals surface area (Å²) < 4.78 is 0. The molecule has 5 heteroatoms. The van der Waals surface area contributed by atoms with Crippen LogP contribution in [0, 0.1) is 0 Å². The molecule has 4 nitrogen and oxygen atoms in total. The molecular weight excluding hydrogens is 235 g/mol. The van der Waals surface area contributed by atoms with E-state index in [1.165, 1.54) is 5.30 Å². The number of hydrogen-bond donors (Lipinski definition) is 2. The molecule has 2 atom stereocenters. The summed E-state index contributed by atoms with van der Waals surface area (Å²) >= 11 is 0. The van der Waals surface area contributed by atoms with Crippen LogP contribution < -0.4 is 15.9 Å². The molecule has 1 aromatic rings. The smallest absolute Gasteiger partial charge is 0.249 e. The Hall–Kier alpha value is -1.41. The van der Waals surface area contributed by atoms with Crippen molar-refractivity contribution in [3.05, 3.63) is 24.3 Å². The van der Waals surface area contributed by atoms with Gasteiger partial charge in [-0.15, -0.1) is 0 Å². The zero-order chi connectivity index (χ0) is 12.3. The molecule has 1 aliphatic heterocycles. The van der Waals surface area contributed by atoms with Crippen molar-refractivity contribution in [1.82, 2.24) is 5.32 Å². The topological polar surface area (TPSA) is 58.2 Å². The summed E-state index contributed by atoms with van der Waals surface area (Å²) in [6.07, 6.45) is 0.958. The first kappa shape index (κ1) is 12.1. The van der Waals surface area contributed by atoms with Gasteiger partial charge in [0.15, 0.2) is 0 Å². The summed E-state index contributed by atoms with van der Waals surface area (Å²) in [7, 11) is 0.774. The number of carbonyl (C=O) groups excluding carboxylic acids is 2. The Balaban J connectivity index is 2.00. The average molecular weight is 250 g/mol. The van der Waals surface area contributed by atoms with Gasteiger partial charge < -0.3 is 5.32 Å². The molecule has 2 N–H and O–H groups in total. The third kappa shape index (κ3) is 3.04. The second-order valence-electron chi connectivity index (χ2n) is 3.98. The molecule has 1 aromatic carbocycles. The Kier molecular flexibility index (Phi) is 3.75. The first-order valence-electron chi connectivity index (χ1n) is 5.57. The summed E-state index contributed by atoms with van der Waals surface area (Å²) in [5.41, 5.74) is 0.918. The SMILES string of the molecule is CPc1ccc(NC2CCC(=O)NC2=O)cc1. The van der Waals surface area contributed by atoms with E-state index in [1.54, 1.807) is 0 Å². The molecule has 0 aliphatic carbocycles. The first-order valence-corrected chi connectivity index (χ1v) is 7.07. The van der Waals surface area contributed by atoms with Crippen LogP contribution in [0.5, 0.6) is 0 Å². The minimum Gasteiger partial charge on any atom is -0.374 e. The van der Waals surface area contributed by atoms with Crippen LogP contribution >= 0.6 is 8.58 Å². The fraction of sp³-hybridized carbons (Fsp3) is 0.333. The Bertz CT molecular complexity index is 431. The number of carbonyl (C=O) groups is 2. The van der Waals surface area contributed by atoms with E-state index in [4.69, 9.17) is 0 Å². The molecule has 0 radical (unpaired) electrons. The third-order valence-electron chi connectivity index (χ3n) is 2.75. The second kappa shape index (κ2) is 5.28. The van der Waals surface area contributed by atoms with Crippen LogP contribution in [0.15, 0.2) is 24.3 Å². The van der Waals surface area contributed by atoms with Gasteiger partial charge in [0.25, 0.3) is 0 Å². The number of anilines is 1. The van der Waals surface area contributed by atoms with Gasteiger partial charge in [-0.05, 0) is 30.5 Å². The van der Waals surface area contributed by atoms with E-state index >= 15 is 0 Å². The van der Waals surface area contributed by atoms with Crippen LogP contribution in [0.3, 0.4) is 0 Å². The highest BCUT2D eigenvalue weighted by atomic mass is 31.1. The third-order valence-corrected chi connectivity index (χ3v) is 3.66. The van der Waals surface area contributed by atoms with Crippen molar-refractivity contribution in [2.45, 2.75) is 18.9 Å². The fourth-order valence-corrected chi connectivity index (χ4v) is 2.27. The molecular formula is C12H15N2O2P. The lowest BCUT2D eigenvalue weighted by molar-refractivity contribution is -0.133. The van der Waals surface area contributed by atoms with Crippen molar-refractivity contribution >= 4 is 31.4 Å². The molecule has 1 heterocycles. The van der Waals surface area contributed by atoms with Gasteiger partial charge in [0.1, 0.15) is 6.04 Å². The van der Waals surface area contributed by atoms with Crippen LogP contribution in [0.4, 0.5) is 5.69 Å². The average Bonchev–Trinajstić information content (AvgIpc) is 2.34. The fourth-order valence-electron chi connectivity index (χ4n) is 1.77. The molecule has 2 rings (SSSR count). The molecule has 2 unspecified atom stereocenters. The number of nitrogens with one attached hydrogen (secondary N) is 2. The Morgan fingerprint density at radius 1 is 1.29 bits per heavy atom. The normalized spacial score (nSPS) is 20.6. The van der Waals surface area contributed by atoms with Crippen LogP contribution in [-0.4, -0.2) is 24.5 Å².